The zero-order chi connectivity index (χ0) is 24.9. The van der Waals surface area contributed by atoms with Gasteiger partial charge in [0.1, 0.15) is 12.6 Å². The molecule has 1 fully saturated rings. The number of carboxylic acids is 1. The summed E-state index contributed by atoms with van der Waals surface area (Å²) < 4.78 is 5.59. The van der Waals surface area contributed by atoms with Gasteiger partial charge in [-0.1, -0.05) is 48.5 Å². The molecule has 0 saturated carbocycles. The Balaban J connectivity index is 1.39. The molecular weight excluding hydrogens is 446 g/mol. The molecule has 35 heavy (non-hydrogen) atoms. The Morgan fingerprint density at radius 1 is 1.09 bits per heavy atom. The fourth-order valence-electron chi connectivity index (χ4n) is 5.23. The van der Waals surface area contributed by atoms with Crippen molar-refractivity contribution in [2.45, 2.75) is 31.2 Å². The maximum atomic E-state index is 13.2. The smallest absolute Gasteiger partial charge is 0.407 e. The average molecular weight is 480 g/mol. The molecule has 186 valence electrons. The summed E-state index contributed by atoms with van der Waals surface area (Å²) in [5.41, 5.74) is 4.47. The molecule has 1 aliphatic carbocycles. The summed E-state index contributed by atoms with van der Waals surface area (Å²) in [6, 6.07) is 15.2. The number of aliphatic carboxylic acids is 1. The Kier molecular flexibility index (Phi) is 7.70. The van der Waals surface area contributed by atoms with E-state index in [1.807, 2.05) is 50.5 Å². The molecule has 8 heteroatoms. The third kappa shape index (κ3) is 5.82. The molecule has 4 rings (SSSR count). The largest absolute Gasteiger partial charge is 0.481 e. The third-order valence-corrected chi connectivity index (χ3v) is 6.80. The van der Waals surface area contributed by atoms with Crippen molar-refractivity contribution in [3.63, 3.8) is 0 Å². The highest BCUT2D eigenvalue weighted by Crippen LogP contribution is 2.44. The number of amides is 2. The van der Waals surface area contributed by atoms with E-state index in [2.05, 4.69) is 22.3 Å². The topological polar surface area (TPSA) is 99.2 Å². The van der Waals surface area contributed by atoms with Crippen LogP contribution in [0, 0.1) is 5.92 Å². The van der Waals surface area contributed by atoms with Gasteiger partial charge in [-0.25, -0.2) is 4.79 Å². The number of alkyl carbamates (subject to hydrolysis) is 1. The summed E-state index contributed by atoms with van der Waals surface area (Å²) in [6.45, 7) is 2.22. The lowest BCUT2D eigenvalue weighted by Gasteiger charge is -2.25. The minimum atomic E-state index is -1.01. The van der Waals surface area contributed by atoms with Crippen molar-refractivity contribution in [2.24, 2.45) is 5.92 Å². The Hall–Kier alpha value is -3.39. The van der Waals surface area contributed by atoms with Crippen LogP contribution in [0.5, 0.6) is 0 Å². The molecule has 2 amide bonds. The van der Waals surface area contributed by atoms with Crippen LogP contribution in [-0.2, 0) is 14.3 Å². The van der Waals surface area contributed by atoms with Gasteiger partial charge in [0.15, 0.2) is 0 Å². The molecule has 1 saturated heterocycles. The quantitative estimate of drug-likeness (QED) is 0.573. The number of fused-ring (bicyclic) bond motifs is 3. The van der Waals surface area contributed by atoms with Gasteiger partial charge in [0, 0.05) is 32.0 Å². The molecule has 0 bridgehead atoms. The van der Waals surface area contributed by atoms with Crippen LogP contribution in [0.15, 0.2) is 48.5 Å². The van der Waals surface area contributed by atoms with Crippen LogP contribution >= 0.6 is 0 Å². The summed E-state index contributed by atoms with van der Waals surface area (Å²) in [4.78, 5) is 40.9. The van der Waals surface area contributed by atoms with Crippen molar-refractivity contribution in [1.82, 2.24) is 15.1 Å². The molecule has 2 atom stereocenters. The Bertz CT molecular complexity index is 1040. The van der Waals surface area contributed by atoms with Gasteiger partial charge in [0.25, 0.3) is 0 Å². The average Bonchev–Trinajstić information content (AvgIpc) is 3.42. The zero-order valence-corrected chi connectivity index (χ0v) is 20.3. The molecule has 1 aliphatic heterocycles. The van der Waals surface area contributed by atoms with Crippen LogP contribution in [0.3, 0.4) is 0 Å². The minimum Gasteiger partial charge on any atom is -0.481 e. The fraction of sp³-hybridized carbons (Fsp3) is 0.444. The highest BCUT2D eigenvalue weighted by atomic mass is 16.5. The number of likely N-dealkylation sites (tertiary alicyclic amines) is 1. The van der Waals surface area contributed by atoms with E-state index >= 15 is 0 Å². The van der Waals surface area contributed by atoms with Gasteiger partial charge >= 0.3 is 12.1 Å². The number of rotatable bonds is 9. The van der Waals surface area contributed by atoms with Crippen LogP contribution < -0.4 is 5.32 Å². The lowest BCUT2D eigenvalue weighted by atomic mass is 9.98. The molecule has 0 aromatic heterocycles. The zero-order valence-electron chi connectivity index (χ0n) is 20.3. The van der Waals surface area contributed by atoms with Crippen molar-refractivity contribution >= 4 is 18.0 Å². The van der Waals surface area contributed by atoms with Gasteiger partial charge in [0.2, 0.25) is 5.91 Å². The van der Waals surface area contributed by atoms with Crippen LogP contribution in [0.2, 0.25) is 0 Å². The molecule has 0 spiro atoms. The molecule has 2 aromatic rings. The van der Waals surface area contributed by atoms with E-state index in [1.54, 1.807) is 4.90 Å². The first-order chi connectivity index (χ1) is 16.8. The molecule has 2 aromatic carbocycles. The Morgan fingerprint density at radius 3 is 2.31 bits per heavy atom. The predicted octanol–water partition coefficient (Wildman–Crippen LogP) is 3.17. The second kappa shape index (κ2) is 10.9. The van der Waals surface area contributed by atoms with E-state index in [0.29, 0.717) is 19.0 Å². The van der Waals surface area contributed by atoms with Crippen LogP contribution in [0.1, 0.15) is 36.3 Å². The van der Waals surface area contributed by atoms with Gasteiger partial charge < -0.3 is 25.0 Å². The monoisotopic (exact) mass is 479 g/mol. The predicted molar refractivity (Wildman–Crippen MR) is 132 cm³/mol. The van der Waals surface area contributed by atoms with Crippen molar-refractivity contribution in [3.05, 3.63) is 59.7 Å². The normalized spacial score (nSPS) is 17.7. The van der Waals surface area contributed by atoms with E-state index in [-0.39, 0.29) is 31.3 Å². The summed E-state index contributed by atoms with van der Waals surface area (Å²) >= 11 is 0. The highest BCUT2D eigenvalue weighted by Gasteiger charge is 2.33. The van der Waals surface area contributed by atoms with Crippen molar-refractivity contribution < 1.29 is 24.2 Å². The molecule has 2 aliphatic rings. The first-order valence-corrected chi connectivity index (χ1v) is 12.1. The Morgan fingerprint density at radius 2 is 1.71 bits per heavy atom. The van der Waals surface area contributed by atoms with Crippen molar-refractivity contribution in [3.8, 4) is 11.1 Å². The van der Waals surface area contributed by atoms with E-state index in [1.165, 1.54) is 0 Å². The number of nitrogens with zero attached hydrogens (tertiary/aromatic N) is 2. The number of hydrogen-bond donors (Lipinski definition) is 2. The standard InChI is InChI=1S/C27H33N3O5/c1-29(2)15-18-13-14-30(16-18)26(33)24(11-12-25(31)32)28-27(34)35-17-23-21-9-5-3-7-19(21)20-8-4-6-10-22(20)23/h3-10,18,23-24H,11-17H2,1-2H3,(H,28,34)(H,31,32). The lowest BCUT2D eigenvalue weighted by Crippen LogP contribution is -2.48. The third-order valence-electron chi connectivity index (χ3n) is 6.80. The second-order valence-corrected chi connectivity index (χ2v) is 9.66. The van der Waals surface area contributed by atoms with Gasteiger partial charge in [0.05, 0.1) is 0 Å². The molecule has 8 nitrogen and oxygen atoms in total. The summed E-state index contributed by atoms with van der Waals surface area (Å²) in [6.07, 6.45) is -0.0115. The van der Waals surface area contributed by atoms with Crippen LogP contribution in [0.4, 0.5) is 4.79 Å². The van der Waals surface area contributed by atoms with E-state index in [0.717, 1.165) is 35.2 Å². The number of carbonyl (C=O) groups excluding carboxylic acids is 2. The number of hydrogen-bond acceptors (Lipinski definition) is 5. The minimum absolute atomic E-state index is 0.0210. The van der Waals surface area contributed by atoms with Crippen molar-refractivity contribution in [1.29, 1.82) is 0 Å². The van der Waals surface area contributed by atoms with Crippen LogP contribution in [0.25, 0.3) is 11.1 Å². The number of carboxylic acid groups (broad SMARTS) is 1. The molecule has 0 radical (unpaired) electrons. The second-order valence-electron chi connectivity index (χ2n) is 9.66. The van der Waals surface area contributed by atoms with Crippen molar-refractivity contribution in [2.75, 3.05) is 40.3 Å². The van der Waals surface area contributed by atoms with Gasteiger partial charge in [-0.15, -0.1) is 0 Å². The lowest BCUT2D eigenvalue weighted by molar-refractivity contribution is -0.137. The van der Waals surface area contributed by atoms with Crippen LogP contribution in [-0.4, -0.2) is 79.3 Å². The number of carbonyl (C=O) groups is 3. The SMILES string of the molecule is CN(C)CC1CCN(C(=O)C(CCC(=O)O)NC(=O)OCC2c3ccccc3-c3ccccc32)C1. The highest BCUT2D eigenvalue weighted by molar-refractivity contribution is 5.86. The fourth-order valence-corrected chi connectivity index (χ4v) is 5.23. The molecule has 1 heterocycles. The number of ether oxygens (including phenoxy) is 1. The van der Waals surface area contributed by atoms with Gasteiger partial charge in [-0.2, -0.15) is 0 Å². The van der Waals surface area contributed by atoms with Gasteiger partial charge in [-0.05, 0) is 55.1 Å². The van der Waals surface area contributed by atoms with E-state index < -0.39 is 18.1 Å². The summed E-state index contributed by atoms with van der Waals surface area (Å²) in [5, 5.41) is 11.8. The summed E-state index contributed by atoms with van der Waals surface area (Å²) in [5.74, 6) is -0.986. The molecule has 2 unspecified atom stereocenters. The van der Waals surface area contributed by atoms with E-state index in [4.69, 9.17) is 9.84 Å². The molecular formula is C27H33N3O5. The first-order valence-electron chi connectivity index (χ1n) is 12.1. The first kappa shape index (κ1) is 24.7. The number of nitrogens with one attached hydrogen (secondary N) is 1. The molecule has 2 N–H and O–H groups in total. The Labute approximate surface area is 205 Å². The van der Waals surface area contributed by atoms with Gasteiger partial charge in [-0.3, -0.25) is 9.59 Å². The number of benzene rings is 2. The maximum Gasteiger partial charge on any atom is 0.407 e. The maximum absolute atomic E-state index is 13.2. The summed E-state index contributed by atoms with van der Waals surface area (Å²) in [7, 11) is 4.00. The van der Waals surface area contributed by atoms with E-state index in [9.17, 15) is 14.4 Å².